The molecule has 0 heterocycles. The molecule has 0 saturated heterocycles. The molecule has 0 aliphatic heterocycles. The molecule has 0 aliphatic rings. The van der Waals surface area contributed by atoms with Gasteiger partial charge < -0.3 is 19.6 Å². The van der Waals surface area contributed by atoms with E-state index in [1.807, 2.05) is 0 Å². The van der Waals surface area contributed by atoms with E-state index in [4.69, 9.17) is 0 Å². The molecule has 0 bridgehead atoms. The molecule has 0 fully saturated rings. The van der Waals surface area contributed by atoms with Crippen molar-refractivity contribution < 1.29 is 59.6 Å². The molecule has 120 valence electrons. The van der Waals surface area contributed by atoms with E-state index in [9.17, 15) is 37.8 Å². The summed E-state index contributed by atoms with van der Waals surface area (Å²) in [5, 5.41) is 0. The Morgan fingerprint density at radius 2 is 0.571 bits per heavy atom. The average Bonchev–Trinajstić information content (AvgIpc) is 2.40. The Hall–Kier alpha value is 0.954. The largest absolute Gasteiger partial charge is 4.00 e. The fourth-order valence-corrected chi connectivity index (χ4v) is 0. The van der Waals surface area contributed by atoms with Gasteiger partial charge in [0.15, 0.2) is 0 Å². The van der Waals surface area contributed by atoms with E-state index in [0.29, 0.717) is 0 Å². The summed E-state index contributed by atoms with van der Waals surface area (Å²) >= 11 is 0. The van der Waals surface area contributed by atoms with Crippen molar-refractivity contribution in [3.05, 3.63) is 0 Å². The van der Waals surface area contributed by atoms with Crippen molar-refractivity contribution in [1.29, 1.82) is 0 Å². The van der Waals surface area contributed by atoms with E-state index < -0.39 is 32.1 Å². The van der Waals surface area contributed by atoms with Crippen LogP contribution in [0.5, 0.6) is 0 Å². The minimum Gasteiger partial charge on any atom is -0.596 e. The van der Waals surface area contributed by atoms with Crippen molar-refractivity contribution >= 4 is 32.1 Å². The second-order valence-electron chi connectivity index (χ2n) is 2.60. The van der Waals surface area contributed by atoms with Gasteiger partial charge in [-0.05, 0) is 27.7 Å². The van der Waals surface area contributed by atoms with Gasteiger partial charge in [-0.3, -0.25) is 0 Å². The molecule has 0 N–H and O–H groups in total. The predicted molar refractivity (Wildman–Crippen MR) is 72.6 cm³/mol. The molecule has 0 saturated carbocycles. The Labute approximate surface area is 144 Å². The van der Waals surface area contributed by atoms with Crippen molar-refractivity contribution in [1.82, 2.24) is 0 Å². The molecule has 0 aromatic rings. The quantitative estimate of drug-likeness (QED) is 0.471. The zero-order chi connectivity index (χ0) is 17.1. The first-order valence-electron chi connectivity index (χ1n) is 5.55. The van der Waals surface area contributed by atoms with Gasteiger partial charge in [-0.25, -0.2) is 0 Å². The van der Waals surface area contributed by atoms with Crippen LogP contribution in [-0.2, 0) is 40.0 Å². The summed E-state index contributed by atoms with van der Waals surface area (Å²) < 4.78 is 37.6. The van der Waals surface area contributed by atoms with Crippen LogP contribution >= 0.6 is 32.1 Å². The van der Waals surface area contributed by atoms with E-state index >= 15 is 0 Å². The SMILES string of the molecule is CC[P+](=O)[O-].CC[P+](=O)[O-].CC[P+](=O)[O-].CC[P+](=O)[O-].[Ti+4]. The second-order valence-corrected chi connectivity index (χ2v) is 7.79. The van der Waals surface area contributed by atoms with E-state index in [1.165, 1.54) is 0 Å². The summed E-state index contributed by atoms with van der Waals surface area (Å²) in [4.78, 5) is 37.6. The number of hydrogen-bond donors (Lipinski definition) is 0. The maximum Gasteiger partial charge on any atom is 4.00 e. The van der Waals surface area contributed by atoms with Crippen molar-refractivity contribution in [2.24, 2.45) is 0 Å². The molecule has 4 unspecified atom stereocenters. The van der Waals surface area contributed by atoms with Gasteiger partial charge in [0.25, 0.3) is 0 Å². The first kappa shape index (κ1) is 33.5. The summed E-state index contributed by atoms with van der Waals surface area (Å²) in [7, 11) is -8.39. The molecule has 21 heavy (non-hydrogen) atoms. The Balaban J connectivity index is -0.0000000533. The van der Waals surface area contributed by atoms with Gasteiger partial charge in [0.1, 0.15) is 24.6 Å². The molecule has 0 amide bonds. The summed E-state index contributed by atoms with van der Waals surface area (Å²) in [5.74, 6) is 0. The van der Waals surface area contributed by atoms with Crippen molar-refractivity contribution in [2.75, 3.05) is 24.6 Å². The van der Waals surface area contributed by atoms with Gasteiger partial charge in [0, 0.05) is 0 Å². The molecule has 0 rings (SSSR count). The van der Waals surface area contributed by atoms with E-state index in [1.54, 1.807) is 27.7 Å². The van der Waals surface area contributed by atoms with Crippen LogP contribution < -0.4 is 19.6 Å². The fraction of sp³-hybridized carbons (Fsp3) is 1.00. The molecule has 0 spiro atoms. The van der Waals surface area contributed by atoms with Gasteiger partial charge in [-0.1, -0.05) is 18.3 Å². The molecule has 0 aromatic carbocycles. The van der Waals surface area contributed by atoms with Gasteiger partial charge >= 0.3 is 53.8 Å². The van der Waals surface area contributed by atoms with Crippen LogP contribution in [0.3, 0.4) is 0 Å². The molecule has 4 atom stereocenters. The Morgan fingerprint density at radius 1 is 0.524 bits per heavy atom. The summed E-state index contributed by atoms with van der Waals surface area (Å²) in [6, 6.07) is 0. The van der Waals surface area contributed by atoms with Crippen LogP contribution in [0, 0.1) is 0 Å². The van der Waals surface area contributed by atoms with Crippen LogP contribution in [0.1, 0.15) is 27.7 Å². The van der Waals surface area contributed by atoms with Crippen LogP contribution in [0.15, 0.2) is 0 Å². The smallest absolute Gasteiger partial charge is 0.596 e. The zero-order valence-corrected chi connectivity index (χ0v) is 17.5. The van der Waals surface area contributed by atoms with Crippen LogP contribution in [0.4, 0.5) is 0 Å². The van der Waals surface area contributed by atoms with Gasteiger partial charge in [0.2, 0.25) is 0 Å². The number of hydrogen-bond acceptors (Lipinski definition) is 8. The molecular weight excluding hydrogens is 396 g/mol. The first-order valence-corrected chi connectivity index (χ1v) is 11.0. The van der Waals surface area contributed by atoms with Gasteiger partial charge in [-0.2, -0.15) is 0 Å². The third-order valence-electron chi connectivity index (χ3n) is 1.03. The standard InChI is InChI=1S/4C2H5O2P.Ti/c4*1-2-5(3)4;/h4*2H2,1H3;/q;;;;+4. The molecule has 0 radical (unpaired) electrons. The molecule has 0 aromatic heterocycles. The maximum atomic E-state index is 9.41. The third kappa shape index (κ3) is 93.9. The molecule has 0 aliphatic carbocycles. The Bertz CT molecular complexity index is 233. The molecule has 8 nitrogen and oxygen atoms in total. The summed E-state index contributed by atoms with van der Waals surface area (Å²) in [6.45, 7) is 6.41. The minimum absolute atomic E-state index is 0. The average molecular weight is 416 g/mol. The Kier molecular flexibility index (Phi) is 46.4. The third-order valence-corrected chi connectivity index (χ3v) is 3.10. The Morgan fingerprint density at radius 3 is 0.571 bits per heavy atom. The summed E-state index contributed by atoms with van der Waals surface area (Å²) in [6.07, 6.45) is 1.04. The zero-order valence-electron chi connectivity index (χ0n) is 12.4. The van der Waals surface area contributed by atoms with Gasteiger partial charge in [0.05, 0.1) is 0 Å². The molecule has 13 heteroatoms. The van der Waals surface area contributed by atoms with Crippen LogP contribution in [0.2, 0.25) is 0 Å². The normalized spacial score (nSPS) is 10.7. The minimum atomic E-state index is -2.10. The van der Waals surface area contributed by atoms with Crippen molar-refractivity contribution in [3.8, 4) is 0 Å². The van der Waals surface area contributed by atoms with Gasteiger partial charge in [-0.15, -0.1) is 0 Å². The maximum absolute atomic E-state index is 9.41. The monoisotopic (exact) mass is 416 g/mol. The number of rotatable bonds is 4. The second kappa shape index (κ2) is 29.0. The van der Waals surface area contributed by atoms with Crippen LogP contribution in [0.25, 0.3) is 0 Å². The topological polar surface area (TPSA) is 161 Å². The molecular formula is C8H20O8P4Ti+4. The fourth-order valence-electron chi connectivity index (χ4n) is 0. The van der Waals surface area contributed by atoms with E-state index in [0.717, 1.165) is 0 Å². The van der Waals surface area contributed by atoms with Crippen molar-refractivity contribution in [2.45, 2.75) is 27.7 Å². The van der Waals surface area contributed by atoms with E-state index in [2.05, 4.69) is 0 Å². The first-order chi connectivity index (χ1) is 9.08. The van der Waals surface area contributed by atoms with Crippen molar-refractivity contribution in [3.63, 3.8) is 0 Å². The summed E-state index contributed by atoms with van der Waals surface area (Å²) in [5.41, 5.74) is 0. The van der Waals surface area contributed by atoms with Crippen LogP contribution in [-0.4, -0.2) is 24.6 Å². The van der Waals surface area contributed by atoms with E-state index in [-0.39, 0.29) is 46.4 Å². The predicted octanol–water partition coefficient (Wildman–Crippen LogP) is 0.433.